The Morgan fingerprint density at radius 2 is 1.90 bits per heavy atom. The molecule has 0 fully saturated rings. The zero-order chi connectivity index (χ0) is 14.3. The third-order valence-electron chi connectivity index (χ3n) is 3.34. The molecule has 2 nitrogen and oxygen atoms in total. The Balaban J connectivity index is 2.21. The molecule has 1 heterocycles. The molecule has 100 valence electrons. The van der Waals surface area contributed by atoms with Crippen LogP contribution in [0.5, 0.6) is 0 Å². The van der Waals surface area contributed by atoms with E-state index >= 15 is 0 Å². The average Bonchev–Trinajstić information content (AvgIpc) is 2.86. The predicted molar refractivity (Wildman–Crippen MR) is 77.9 cm³/mol. The van der Waals surface area contributed by atoms with Crippen LogP contribution in [0.25, 0.3) is 10.9 Å². The lowest BCUT2D eigenvalue weighted by molar-refractivity contribution is 0.104. The number of aromatic amines is 1. The van der Waals surface area contributed by atoms with E-state index in [2.05, 4.69) is 4.98 Å². The Hall–Kier alpha value is -2.13. The lowest BCUT2D eigenvalue weighted by Gasteiger charge is -2.05. The van der Waals surface area contributed by atoms with Gasteiger partial charge in [0.05, 0.1) is 10.6 Å². The Morgan fingerprint density at radius 3 is 2.70 bits per heavy atom. The number of halogens is 2. The number of H-pyrrole nitrogens is 1. The van der Waals surface area contributed by atoms with E-state index in [-0.39, 0.29) is 5.78 Å². The first-order chi connectivity index (χ1) is 9.59. The van der Waals surface area contributed by atoms with Gasteiger partial charge in [-0.1, -0.05) is 29.8 Å². The molecule has 1 aromatic heterocycles. The molecule has 0 aliphatic carbocycles. The van der Waals surface area contributed by atoms with Crippen molar-refractivity contribution >= 4 is 28.3 Å². The fourth-order valence-corrected chi connectivity index (χ4v) is 2.50. The van der Waals surface area contributed by atoms with Crippen molar-refractivity contribution in [2.45, 2.75) is 6.92 Å². The minimum atomic E-state index is -0.420. The van der Waals surface area contributed by atoms with E-state index in [9.17, 15) is 9.18 Å². The number of nitrogens with one attached hydrogen (secondary N) is 1. The molecule has 20 heavy (non-hydrogen) atoms. The molecule has 0 saturated heterocycles. The summed E-state index contributed by atoms with van der Waals surface area (Å²) in [5, 5.41) is 0.707. The molecule has 0 atom stereocenters. The van der Waals surface area contributed by atoms with E-state index in [4.69, 9.17) is 11.6 Å². The third-order valence-corrected chi connectivity index (χ3v) is 3.84. The van der Waals surface area contributed by atoms with Crippen LogP contribution in [0.15, 0.2) is 42.6 Å². The largest absolute Gasteiger partial charge is 0.360 e. The molecule has 0 spiro atoms. The SMILES string of the molecule is Cc1cccc(C(=O)c2c[nH]c3cccc(F)c23)c1Cl. The summed E-state index contributed by atoms with van der Waals surface area (Å²) in [4.78, 5) is 15.5. The van der Waals surface area contributed by atoms with Crippen LogP contribution in [-0.4, -0.2) is 10.8 Å². The second-order valence-corrected chi connectivity index (χ2v) is 5.01. The Bertz CT molecular complexity index is 822. The second-order valence-electron chi connectivity index (χ2n) is 4.63. The van der Waals surface area contributed by atoms with Crippen LogP contribution in [0, 0.1) is 12.7 Å². The zero-order valence-corrected chi connectivity index (χ0v) is 11.5. The molecule has 1 N–H and O–H groups in total. The number of benzene rings is 2. The lowest BCUT2D eigenvalue weighted by atomic mass is 10.0. The number of fused-ring (bicyclic) bond motifs is 1. The highest BCUT2D eigenvalue weighted by Crippen LogP contribution is 2.27. The van der Waals surface area contributed by atoms with Crippen LogP contribution in [0.1, 0.15) is 21.5 Å². The molecule has 0 aliphatic rings. The van der Waals surface area contributed by atoms with E-state index in [1.54, 1.807) is 24.3 Å². The number of hydrogen-bond acceptors (Lipinski definition) is 1. The summed E-state index contributed by atoms with van der Waals surface area (Å²) < 4.78 is 13.9. The molecule has 0 aliphatic heterocycles. The summed E-state index contributed by atoms with van der Waals surface area (Å²) in [5.74, 6) is -0.703. The first-order valence-electron chi connectivity index (χ1n) is 6.15. The first-order valence-corrected chi connectivity index (χ1v) is 6.53. The summed E-state index contributed by atoms with van der Waals surface area (Å²) in [7, 11) is 0. The van der Waals surface area contributed by atoms with Gasteiger partial charge in [0.2, 0.25) is 0 Å². The van der Waals surface area contributed by atoms with Gasteiger partial charge in [-0.3, -0.25) is 4.79 Å². The van der Waals surface area contributed by atoms with Crippen molar-refractivity contribution in [2.75, 3.05) is 0 Å². The first kappa shape index (κ1) is 12.9. The molecular formula is C16H11ClFNO. The average molecular weight is 288 g/mol. The van der Waals surface area contributed by atoms with Crippen LogP contribution in [-0.2, 0) is 0 Å². The van der Waals surface area contributed by atoms with Gasteiger partial charge in [0.25, 0.3) is 0 Å². The number of ketones is 1. The minimum Gasteiger partial charge on any atom is -0.360 e. The third kappa shape index (κ3) is 1.91. The number of hydrogen-bond donors (Lipinski definition) is 1. The maximum absolute atomic E-state index is 13.9. The van der Waals surface area contributed by atoms with Crippen molar-refractivity contribution < 1.29 is 9.18 Å². The van der Waals surface area contributed by atoms with Crippen LogP contribution in [0.4, 0.5) is 4.39 Å². The second kappa shape index (κ2) is 4.76. The van der Waals surface area contributed by atoms with E-state index < -0.39 is 5.82 Å². The van der Waals surface area contributed by atoms with Gasteiger partial charge in [0.1, 0.15) is 5.82 Å². The highest BCUT2D eigenvalue weighted by Gasteiger charge is 2.19. The summed E-state index contributed by atoms with van der Waals surface area (Å²) in [6.45, 7) is 1.83. The lowest BCUT2D eigenvalue weighted by Crippen LogP contribution is -2.02. The highest BCUT2D eigenvalue weighted by molar-refractivity contribution is 6.36. The standard InChI is InChI=1S/C16H11ClFNO/c1-9-4-2-5-10(15(9)17)16(20)11-8-19-13-7-3-6-12(18)14(11)13/h2-8,19H,1H3. The van der Waals surface area contributed by atoms with Gasteiger partial charge >= 0.3 is 0 Å². The van der Waals surface area contributed by atoms with Crippen molar-refractivity contribution in [1.82, 2.24) is 4.98 Å². The van der Waals surface area contributed by atoms with Crippen molar-refractivity contribution in [3.8, 4) is 0 Å². The molecule has 0 amide bonds. The maximum Gasteiger partial charge on any atom is 0.196 e. The molecule has 0 bridgehead atoms. The fourth-order valence-electron chi connectivity index (χ4n) is 2.29. The fraction of sp³-hybridized carbons (Fsp3) is 0.0625. The predicted octanol–water partition coefficient (Wildman–Crippen LogP) is 4.50. The smallest absolute Gasteiger partial charge is 0.196 e. The van der Waals surface area contributed by atoms with Crippen LogP contribution in [0.2, 0.25) is 5.02 Å². The molecule has 3 rings (SSSR count). The van der Waals surface area contributed by atoms with E-state index in [1.807, 2.05) is 13.0 Å². The van der Waals surface area contributed by atoms with Gasteiger partial charge in [0, 0.05) is 22.7 Å². The molecule has 4 heteroatoms. The molecule has 2 aromatic carbocycles. The summed E-state index contributed by atoms with van der Waals surface area (Å²) >= 11 is 6.17. The van der Waals surface area contributed by atoms with E-state index in [0.717, 1.165) is 5.56 Å². The van der Waals surface area contributed by atoms with Crippen LogP contribution in [0.3, 0.4) is 0 Å². The van der Waals surface area contributed by atoms with Crippen molar-refractivity contribution in [3.63, 3.8) is 0 Å². The van der Waals surface area contributed by atoms with Crippen LogP contribution >= 0.6 is 11.6 Å². The molecular weight excluding hydrogens is 277 g/mol. The number of aromatic nitrogens is 1. The summed E-state index contributed by atoms with van der Waals surface area (Å²) in [5.41, 5.74) is 2.09. The molecule has 0 unspecified atom stereocenters. The number of carbonyl (C=O) groups is 1. The van der Waals surface area contributed by atoms with Gasteiger partial charge in [-0.2, -0.15) is 0 Å². The summed E-state index contributed by atoms with van der Waals surface area (Å²) in [6.07, 6.45) is 1.52. The Morgan fingerprint density at radius 1 is 1.15 bits per heavy atom. The minimum absolute atomic E-state index is 0.282. The van der Waals surface area contributed by atoms with Gasteiger partial charge in [0.15, 0.2) is 5.78 Å². The topological polar surface area (TPSA) is 32.9 Å². The number of rotatable bonds is 2. The number of aryl methyl sites for hydroxylation is 1. The monoisotopic (exact) mass is 287 g/mol. The molecule has 0 saturated carbocycles. The Labute approximate surface area is 120 Å². The van der Waals surface area contributed by atoms with Gasteiger partial charge in [-0.15, -0.1) is 0 Å². The van der Waals surface area contributed by atoms with Crippen LogP contribution < -0.4 is 0 Å². The van der Waals surface area contributed by atoms with E-state index in [0.29, 0.717) is 27.1 Å². The van der Waals surface area contributed by atoms with Crippen molar-refractivity contribution in [1.29, 1.82) is 0 Å². The van der Waals surface area contributed by atoms with Crippen molar-refractivity contribution in [3.05, 3.63) is 70.1 Å². The van der Waals surface area contributed by atoms with Gasteiger partial charge in [-0.05, 0) is 30.7 Å². The van der Waals surface area contributed by atoms with E-state index in [1.165, 1.54) is 12.3 Å². The Kier molecular flexibility index (Phi) is 3.07. The maximum atomic E-state index is 13.9. The van der Waals surface area contributed by atoms with Gasteiger partial charge in [-0.25, -0.2) is 4.39 Å². The highest BCUT2D eigenvalue weighted by atomic mass is 35.5. The van der Waals surface area contributed by atoms with Gasteiger partial charge < -0.3 is 4.98 Å². The molecule has 3 aromatic rings. The number of carbonyl (C=O) groups excluding carboxylic acids is 1. The molecule has 0 radical (unpaired) electrons. The summed E-state index contributed by atoms with van der Waals surface area (Å²) in [6, 6.07) is 9.91. The quantitative estimate of drug-likeness (QED) is 0.692. The zero-order valence-electron chi connectivity index (χ0n) is 10.7. The normalized spacial score (nSPS) is 10.9. The van der Waals surface area contributed by atoms with Crippen molar-refractivity contribution in [2.24, 2.45) is 0 Å².